The quantitative estimate of drug-likeness (QED) is 0.889. The van der Waals surface area contributed by atoms with Crippen LogP contribution < -0.4 is 5.32 Å². The van der Waals surface area contributed by atoms with Gasteiger partial charge in [0.15, 0.2) is 0 Å². The lowest BCUT2D eigenvalue weighted by atomic mass is 9.89. The fraction of sp³-hybridized carbons (Fsp3) is 0.533. The minimum absolute atomic E-state index is 0.127. The Morgan fingerprint density at radius 2 is 2.16 bits per heavy atom. The Hall–Kier alpha value is -1.45. The summed E-state index contributed by atoms with van der Waals surface area (Å²) in [5, 5.41) is 3.29. The van der Waals surface area contributed by atoms with E-state index < -0.39 is 5.92 Å². The number of nitrogens with zero attached hydrogens (tertiary/aromatic N) is 1. The number of rotatable bonds is 3. The molecule has 19 heavy (non-hydrogen) atoms. The molecule has 1 aromatic carbocycles. The van der Waals surface area contributed by atoms with Crippen LogP contribution in [0.2, 0.25) is 0 Å². The zero-order chi connectivity index (χ0) is 14.0. The van der Waals surface area contributed by atoms with Crippen LogP contribution in [-0.4, -0.2) is 18.4 Å². The van der Waals surface area contributed by atoms with Crippen molar-refractivity contribution in [3.05, 3.63) is 34.9 Å². The maximum absolute atomic E-state index is 13.7. The normalized spacial score (nSPS) is 21.1. The van der Waals surface area contributed by atoms with Gasteiger partial charge in [-0.2, -0.15) is 0 Å². The second-order valence-electron chi connectivity index (χ2n) is 5.20. The lowest BCUT2D eigenvalue weighted by molar-refractivity contribution is 0.0164. The predicted octanol–water partition coefficient (Wildman–Crippen LogP) is 3.49. The Kier molecular flexibility index (Phi) is 3.88. The van der Waals surface area contributed by atoms with Crippen molar-refractivity contribution in [2.24, 2.45) is 4.99 Å². The molecule has 1 aliphatic rings. The van der Waals surface area contributed by atoms with E-state index in [9.17, 15) is 8.78 Å². The molecule has 1 unspecified atom stereocenters. The zero-order valence-electron chi connectivity index (χ0n) is 11.6. The smallest absolute Gasteiger partial charge is 0.270 e. The van der Waals surface area contributed by atoms with Gasteiger partial charge < -0.3 is 5.32 Å². The summed E-state index contributed by atoms with van der Waals surface area (Å²) < 4.78 is 27.4. The number of nitrogens with one attached hydrogen (secondary N) is 1. The van der Waals surface area contributed by atoms with Gasteiger partial charge in [-0.1, -0.05) is 25.1 Å². The second-order valence-corrected chi connectivity index (χ2v) is 5.20. The molecule has 0 aliphatic carbocycles. The SMILES string of the molecule is CCCN=C1NC(C)Cc2c1cccc2C(C)(F)F. The number of benzene rings is 1. The van der Waals surface area contributed by atoms with E-state index in [2.05, 4.69) is 10.3 Å². The van der Waals surface area contributed by atoms with Crippen molar-refractivity contribution in [1.82, 2.24) is 5.32 Å². The molecule has 0 amide bonds. The van der Waals surface area contributed by atoms with Crippen molar-refractivity contribution in [3.63, 3.8) is 0 Å². The van der Waals surface area contributed by atoms with E-state index in [0.717, 1.165) is 30.3 Å². The highest BCUT2D eigenvalue weighted by molar-refractivity contribution is 6.01. The summed E-state index contributed by atoms with van der Waals surface area (Å²) in [7, 11) is 0. The van der Waals surface area contributed by atoms with Crippen LogP contribution in [0.15, 0.2) is 23.2 Å². The first-order valence-corrected chi connectivity index (χ1v) is 6.75. The van der Waals surface area contributed by atoms with Crippen LogP contribution in [-0.2, 0) is 12.3 Å². The molecule has 0 radical (unpaired) electrons. The van der Waals surface area contributed by atoms with E-state index in [0.29, 0.717) is 13.0 Å². The van der Waals surface area contributed by atoms with Gasteiger partial charge in [0.05, 0.1) is 0 Å². The molecule has 0 bridgehead atoms. The number of alkyl halides is 2. The van der Waals surface area contributed by atoms with Crippen LogP contribution in [0.4, 0.5) is 8.78 Å². The second kappa shape index (κ2) is 5.27. The Labute approximate surface area is 112 Å². The molecular formula is C15H20F2N2. The molecule has 1 heterocycles. The summed E-state index contributed by atoms with van der Waals surface area (Å²) in [5.74, 6) is -2.06. The van der Waals surface area contributed by atoms with Crippen molar-refractivity contribution < 1.29 is 8.78 Å². The first-order valence-electron chi connectivity index (χ1n) is 6.75. The average Bonchev–Trinajstić information content (AvgIpc) is 2.33. The van der Waals surface area contributed by atoms with E-state index in [4.69, 9.17) is 0 Å². The minimum Gasteiger partial charge on any atom is -0.367 e. The Morgan fingerprint density at radius 3 is 2.79 bits per heavy atom. The van der Waals surface area contributed by atoms with Gasteiger partial charge in [-0.25, -0.2) is 8.78 Å². The largest absolute Gasteiger partial charge is 0.367 e. The molecule has 1 N–H and O–H groups in total. The summed E-state index contributed by atoms with van der Waals surface area (Å²) in [6, 6.07) is 5.21. The van der Waals surface area contributed by atoms with Gasteiger partial charge in [-0.05, 0) is 25.3 Å². The fourth-order valence-corrected chi connectivity index (χ4v) is 2.46. The summed E-state index contributed by atoms with van der Waals surface area (Å²) in [6.45, 7) is 5.71. The molecule has 0 spiro atoms. The van der Waals surface area contributed by atoms with E-state index in [1.54, 1.807) is 6.07 Å². The average molecular weight is 266 g/mol. The van der Waals surface area contributed by atoms with Crippen LogP contribution in [0, 0.1) is 0 Å². The molecule has 1 atom stereocenters. The monoisotopic (exact) mass is 266 g/mol. The van der Waals surface area contributed by atoms with Gasteiger partial charge in [0.1, 0.15) is 5.84 Å². The molecule has 0 fully saturated rings. The molecule has 1 aliphatic heterocycles. The van der Waals surface area contributed by atoms with Gasteiger partial charge in [-0.3, -0.25) is 4.99 Å². The van der Waals surface area contributed by atoms with E-state index >= 15 is 0 Å². The summed E-state index contributed by atoms with van der Waals surface area (Å²) in [5.41, 5.74) is 1.68. The van der Waals surface area contributed by atoms with E-state index in [1.807, 2.05) is 19.9 Å². The number of hydrogen-bond acceptors (Lipinski definition) is 1. The van der Waals surface area contributed by atoms with Crippen molar-refractivity contribution in [2.45, 2.75) is 45.6 Å². The van der Waals surface area contributed by atoms with E-state index in [1.165, 1.54) is 6.07 Å². The number of halogens is 2. The Bertz CT molecular complexity index is 489. The topological polar surface area (TPSA) is 24.4 Å². The summed E-state index contributed by atoms with van der Waals surface area (Å²) in [6.07, 6.45) is 1.55. The van der Waals surface area contributed by atoms with Crippen LogP contribution in [0.5, 0.6) is 0 Å². The van der Waals surface area contributed by atoms with Crippen LogP contribution in [0.3, 0.4) is 0 Å². The van der Waals surface area contributed by atoms with Crippen molar-refractivity contribution >= 4 is 5.84 Å². The molecule has 2 rings (SSSR count). The standard InChI is InChI=1S/C15H20F2N2/c1-4-8-18-14-11-6-5-7-13(15(3,16)17)12(11)9-10(2)19-14/h5-7,10H,4,8-9H2,1-3H3,(H,18,19). The number of hydrogen-bond donors (Lipinski definition) is 1. The van der Waals surface area contributed by atoms with Crippen LogP contribution >= 0.6 is 0 Å². The van der Waals surface area contributed by atoms with Gasteiger partial charge in [-0.15, -0.1) is 0 Å². The molecule has 0 saturated carbocycles. The number of amidine groups is 1. The predicted molar refractivity (Wildman–Crippen MR) is 74.0 cm³/mol. The van der Waals surface area contributed by atoms with Crippen molar-refractivity contribution in [1.29, 1.82) is 0 Å². The van der Waals surface area contributed by atoms with Gasteiger partial charge in [0, 0.05) is 30.6 Å². The van der Waals surface area contributed by atoms with E-state index in [-0.39, 0.29) is 11.6 Å². The number of aliphatic imine (C=N–C) groups is 1. The maximum Gasteiger partial charge on any atom is 0.270 e. The van der Waals surface area contributed by atoms with Gasteiger partial charge >= 0.3 is 0 Å². The van der Waals surface area contributed by atoms with Crippen molar-refractivity contribution in [2.75, 3.05) is 6.54 Å². The third kappa shape index (κ3) is 2.94. The molecule has 0 aromatic heterocycles. The lowest BCUT2D eigenvalue weighted by Gasteiger charge is -2.29. The van der Waals surface area contributed by atoms with Crippen LogP contribution in [0.25, 0.3) is 0 Å². The first-order chi connectivity index (χ1) is 8.93. The molecule has 104 valence electrons. The van der Waals surface area contributed by atoms with Crippen LogP contribution in [0.1, 0.15) is 43.9 Å². The maximum atomic E-state index is 13.7. The molecule has 4 heteroatoms. The highest BCUT2D eigenvalue weighted by Gasteiger charge is 2.32. The summed E-state index contributed by atoms with van der Waals surface area (Å²) in [4.78, 5) is 4.48. The molecule has 1 aromatic rings. The van der Waals surface area contributed by atoms with Gasteiger partial charge in [0.2, 0.25) is 0 Å². The Balaban J connectivity index is 2.52. The number of fused-ring (bicyclic) bond motifs is 1. The molecule has 0 saturated heterocycles. The lowest BCUT2D eigenvalue weighted by Crippen LogP contribution is -2.41. The highest BCUT2D eigenvalue weighted by Crippen LogP contribution is 2.33. The highest BCUT2D eigenvalue weighted by atomic mass is 19.3. The Morgan fingerprint density at radius 1 is 1.42 bits per heavy atom. The molecular weight excluding hydrogens is 246 g/mol. The minimum atomic E-state index is -2.81. The first kappa shape index (κ1) is 14.0. The van der Waals surface area contributed by atoms with Crippen molar-refractivity contribution in [3.8, 4) is 0 Å². The summed E-state index contributed by atoms with van der Waals surface area (Å²) >= 11 is 0. The third-order valence-electron chi connectivity index (χ3n) is 3.29. The third-order valence-corrected chi connectivity index (χ3v) is 3.29. The fourth-order valence-electron chi connectivity index (χ4n) is 2.46. The van der Waals surface area contributed by atoms with Gasteiger partial charge in [0.25, 0.3) is 5.92 Å². The zero-order valence-corrected chi connectivity index (χ0v) is 11.6. The molecule has 2 nitrogen and oxygen atoms in total.